The molecule has 2 amide bonds. The fraction of sp³-hybridized carbons (Fsp3) is 0.513. The van der Waals surface area contributed by atoms with Gasteiger partial charge in [0, 0.05) is 67.0 Å². The highest BCUT2D eigenvalue weighted by Crippen LogP contribution is 2.48. The minimum Gasteiger partial charge on any atom is -0.490 e. The number of carbonyl (C=O) groups is 2. The van der Waals surface area contributed by atoms with E-state index >= 15 is 0 Å². The Balaban J connectivity index is 1.15. The first kappa shape index (κ1) is 34.4. The number of methoxy groups -OCH3 is 1. The summed E-state index contributed by atoms with van der Waals surface area (Å²) < 4.78 is 35.9. The van der Waals surface area contributed by atoms with Crippen LogP contribution < -0.4 is 14.4 Å². The van der Waals surface area contributed by atoms with E-state index < -0.39 is 15.8 Å². The first-order valence-electron chi connectivity index (χ1n) is 18.2. The zero-order chi connectivity index (χ0) is 35.3. The smallest absolute Gasteiger partial charge is 0.286 e. The van der Waals surface area contributed by atoms with Crippen LogP contribution in [0.25, 0.3) is 0 Å². The van der Waals surface area contributed by atoms with Gasteiger partial charge < -0.3 is 14.4 Å². The highest BCUT2D eigenvalue weighted by atomic mass is 35.5. The second kappa shape index (κ2) is 13.7. The minimum absolute atomic E-state index is 0.00129. The van der Waals surface area contributed by atoms with E-state index in [0.29, 0.717) is 49.0 Å². The normalized spacial score (nSPS) is 32.3. The van der Waals surface area contributed by atoms with Gasteiger partial charge in [-0.3, -0.25) is 19.0 Å². The van der Waals surface area contributed by atoms with Gasteiger partial charge in [-0.05, 0) is 111 Å². The summed E-state index contributed by atoms with van der Waals surface area (Å²) in [5.74, 6) is 0.245. The number of allylic oxidation sites excluding steroid dienone is 1. The molecule has 1 spiro atoms. The van der Waals surface area contributed by atoms with Gasteiger partial charge in [-0.15, -0.1) is 4.36 Å². The molecule has 0 unspecified atom stereocenters. The van der Waals surface area contributed by atoms with Crippen molar-refractivity contribution in [1.29, 1.82) is 0 Å². The third kappa shape index (κ3) is 6.73. The summed E-state index contributed by atoms with van der Waals surface area (Å²) in [6.45, 7) is 2.04. The van der Waals surface area contributed by atoms with Crippen molar-refractivity contribution in [3.63, 3.8) is 0 Å². The van der Waals surface area contributed by atoms with Crippen molar-refractivity contribution in [2.24, 2.45) is 29.2 Å². The predicted octanol–water partition coefficient (Wildman–Crippen LogP) is 6.38. The van der Waals surface area contributed by atoms with E-state index in [9.17, 15) is 13.8 Å². The lowest BCUT2D eigenvalue weighted by molar-refractivity contribution is -0.120. The maximum Gasteiger partial charge on any atom is 0.286 e. The molecule has 0 radical (unpaired) electrons. The molecule has 5 aliphatic rings. The van der Waals surface area contributed by atoms with E-state index in [-0.39, 0.29) is 35.0 Å². The summed E-state index contributed by atoms with van der Waals surface area (Å²) in [6.07, 6.45) is 12.8. The molecule has 0 saturated heterocycles. The van der Waals surface area contributed by atoms with E-state index in [2.05, 4.69) is 43.4 Å². The van der Waals surface area contributed by atoms with Crippen molar-refractivity contribution >= 4 is 39.0 Å². The Labute approximate surface area is 305 Å². The minimum atomic E-state index is -3.42. The van der Waals surface area contributed by atoms with Gasteiger partial charge >= 0.3 is 0 Å². The Morgan fingerprint density at radius 2 is 2.04 bits per heavy atom. The second-order valence-electron chi connectivity index (χ2n) is 15.1. The van der Waals surface area contributed by atoms with Crippen molar-refractivity contribution in [1.82, 2.24) is 14.5 Å². The van der Waals surface area contributed by atoms with Crippen LogP contribution in [0.5, 0.6) is 5.75 Å². The largest absolute Gasteiger partial charge is 0.490 e. The lowest BCUT2D eigenvalue weighted by atomic mass is 9.68. The van der Waals surface area contributed by atoms with Crippen LogP contribution in [-0.2, 0) is 38.3 Å². The highest BCUT2D eigenvalue weighted by molar-refractivity contribution is 7.92. The number of hydrogen-bond acceptors (Lipinski definition) is 7. The van der Waals surface area contributed by atoms with Crippen molar-refractivity contribution < 1.29 is 23.3 Å². The van der Waals surface area contributed by atoms with Gasteiger partial charge in [0.05, 0.1) is 24.2 Å². The summed E-state index contributed by atoms with van der Waals surface area (Å²) in [4.78, 5) is 29.8. The molecule has 2 aliphatic heterocycles. The Morgan fingerprint density at radius 3 is 2.82 bits per heavy atom. The molecule has 1 N–H and O–H groups in total. The van der Waals surface area contributed by atoms with Gasteiger partial charge in [0.1, 0.15) is 15.7 Å². The maximum atomic E-state index is 14.4. The number of aryl methyl sites for hydroxylation is 2. The fourth-order valence-electron chi connectivity index (χ4n) is 8.91. The van der Waals surface area contributed by atoms with E-state index in [1.807, 2.05) is 31.3 Å². The standard InChI is InChI=1S/C39H46ClN5O5S/c1-44-33(15-17-41-44)30-21-31(30)38(47)43-51(48)18-5-3-4-8-35(49-2)29-12-9-27(29)22-45-23-39(16-6-7-25-19-28(40)11-13-32(25)39)24-50-36-14-10-26(20-34(36)45)37(46)42-51/h4,8,10-11,13-15,17,19-20,27,29-31,35H,3,5-7,9,12,16,18,21-24H2,1-2H3,(H,42,43,46,47,48)/b8-4+/t27-,29+,30-,31-,35-,39-,51-/m0/s1. The maximum absolute atomic E-state index is 14.4. The van der Waals surface area contributed by atoms with Crippen LogP contribution in [0.3, 0.4) is 0 Å². The Hall–Kier alpha value is -3.67. The Morgan fingerprint density at radius 1 is 1.16 bits per heavy atom. The van der Waals surface area contributed by atoms with Crippen LogP contribution in [0, 0.1) is 17.8 Å². The molecule has 10 nitrogen and oxygen atoms in total. The monoisotopic (exact) mass is 731 g/mol. The summed E-state index contributed by atoms with van der Waals surface area (Å²) in [5.41, 5.74) is 4.42. The summed E-state index contributed by atoms with van der Waals surface area (Å²) in [6, 6.07) is 13.5. The van der Waals surface area contributed by atoms with Gasteiger partial charge in [0.15, 0.2) is 0 Å². The molecular weight excluding hydrogens is 686 g/mol. The molecule has 2 aromatic carbocycles. The molecule has 8 rings (SSSR count). The molecule has 2 saturated carbocycles. The average molecular weight is 732 g/mol. The molecule has 2 bridgehead atoms. The predicted molar refractivity (Wildman–Crippen MR) is 198 cm³/mol. The molecule has 7 atom stereocenters. The van der Waals surface area contributed by atoms with Crippen LogP contribution in [0.15, 0.2) is 65.2 Å². The Bertz CT molecular complexity index is 2000. The third-order valence-corrected chi connectivity index (χ3v) is 13.9. The van der Waals surface area contributed by atoms with Crippen LogP contribution in [0.2, 0.25) is 5.02 Å². The average Bonchev–Trinajstić information content (AvgIpc) is 3.81. The molecule has 2 fully saturated rings. The number of nitrogens with one attached hydrogen (secondary N) is 1. The number of amides is 2. The fourth-order valence-corrected chi connectivity index (χ4v) is 10.7. The number of anilines is 1. The number of nitrogens with zero attached hydrogens (tertiary/aromatic N) is 4. The van der Waals surface area contributed by atoms with Crippen LogP contribution in [0.4, 0.5) is 5.69 Å². The number of halogens is 1. The molecule has 270 valence electrons. The number of rotatable bonds is 4. The molecule has 51 heavy (non-hydrogen) atoms. The molecule has 1 aromatic heterocycles. The second-order valence-corrected chi connectivity index (χ2v) is 17.6. The molecule has 12 heteroatoms. The zero-order valence-corrected chi connectivity index (χ0v) is 30.8. The molecule has 3 aromatic rings. The van der Waals surface area contributed by atoms with Crippen molar-refractivity contribution in [3.05, 3.63) is 88.2 Å². The number of hydrogen-bond donors (Lipinski definition) is 1. The van der Waals surface area contributed by atoms with Gasteiger partial charge in [-0.1, -0.05) is 29.8 Å². The van der Waals surface area contributed by atoms with Gasteiger partial charge in [-0.2, -0.15) is 5.10 Å². The number of benzene rings is 2. The summed E-state index contributed by atoms with van der Waals surface area (Å²) >= 11 is 6.46. The number of aromatic nitrogens is 2. The van der Waals surface area contributed by atoms with Crippen molar-refractivity contribution in [2.45, 2.75) is 68.8 Å². The van der Waals surface area contributed by atoms with Gasteiger partial charge in [-0.25, -0.2) is 4.21 Å². The Kier molecular flexibility index (Phi) is 9.25. The van der Waals surface area contributed by atoms with Crippen LogP contribution in [0.1, 0.15) is 78.0 Å². The number of fused-ring (bicyclic) bond motifs is 4. The van der Waals surface area contributed by atoms with E-state index in [1.54, 1.807) is 24.1 Å². The van der Waals surface area contributed by atoms with Gasteiger partial charge in [0.25, 0.3) is 5.91 Å². The summed E-state index contributed by atoms with van der Waals surface area (Å²) in [5, 5.41) is 4.98. The van der Waals surface area contributed by atoms with E-state index in [4.69, 9.17) is 21.1 Å². The van der Waals surface area contributed by atoms with Crippen LogP contribution >= 0.6 is 11.6 Å². The SMILES string of the molecule is CO[C@H]1/C=C/CCC[S@@](=O)(NC(=O)[C@H]2C[C@@H]2c2ccnn2C)=NC(=O)c2ccc3c(c2)N(C[C@@H]2CC[C@H]21)C[C@@]1(CCCc2cc(Cl)ccc21)CO3. The first-order valence-corrected chi connectivity index (χ1v) is 20.3. The summed E-state index contributed by atoms with van der Waals surface area (Å²) in [7, 11) is 0.202. The zero-order valence-electron chi connectivity index (χ0n) is 29.3. The lowest BCUT2D eigenvalue weighted by Crippen LogP contribution is -2.49. The van der Waals surface area contributed by atoms with Crippen molar-refractivity contribution in [2.75, 3.05) is 37.5 Å². The topological polar surface area (TPSA) is 115 Å². The van der Waals surface area contributed by atoms with Gasteiger partial charge in [0.2, 0.25) is 5.91 Å². The lowest BCUT2D eigenvalue weighted by Gasteiger charge is -2.46. The molecule has 3 heterocycles. The van der Waals surface area contributed by atoms with E-state index in [0.717, 1.165) is 61.6 Å². The highest BCUT2D eigenvalue weighted by Gasteiger charge is 2.47. The van der Waals surface area contributed by atoms with E-state index in [1.165, 1.54) is 11.1 Å². The first-order chi connectivity index (χ1) is 24.6. The quantitative estimate of drug-likeness (QED) is 0.310. The van der Waals surface area contributed by atoms with Crippen molar-refractivity contribution in [3.8, 4) is 5.75 Å². The molecular formula is C39H46ClN5O5S. The van der Waals surface area contributed by atoms with Crippen LogP contribution in [-0.4, -0.2) is 64.5 Å². The number of ether oxygens (including phenoxy) is 2. The number of carbonyl (C=O) groups excluding carboxylic acids is 2. The third-order valence-electron chi connectivity index (χ3n) is 11.9. The molecule has 3 aliphatic carbocycles.